The molecule has 1 amide bonds. The normalized spacial score (nSPS) is 21.3. The second kappa shape index (κ2) is 8.50. The van der Waals surface area contributed by atoms with Crippen LogP contribution in [0.25, 0.3) is 0 Å². The smallest absolute Gasteiger partial charge is 0.223 e. The van der Waals surface area contributed by atoms with Gasteiger partial charge in [0.2, 0.25) is 5.91 Å². The van der Waals surface area contributed by atoms with Crippen LogP contribution in [-0.2, 0) is 11.2 Å². The Hall–Kier alpha value is -0.770. The van der Waals surface area contributed by atoms with Crippen LogP contribution in [0.1, 0.15) is 31.2 Å². The highest BCUT2D eigenvalue weighted by molar-refractivity contribution is 6.31. The predicted octanol–water partition coefficient (Wildman–Crippen LogP) is 2.94. The van der Waals surface area contributed by atoms with Crippen molar-refractivity contribution in [2.75, 3.05) is 6.54 Å². The van der Waals surface area contributed by atoms with Gasteiger partial charge in [0, 0.05) is 23.5 Å². The molecule has 112 valence electrons. The minimum atomic E-state index is 0. The molecule has 3 nitrogen and oxygen atoms in total. The fourth-order valence-electron chi connectivity index (χ4n) is 2.59. The molecule has 0 radical (unpaired) electrons. The number of amides is 1. The molecular weight excluding hydrogens is 295 g/mol. The molecule has 1 aromatic rings. The van der Waals surface area contributed by atoms with Crippen molar-refractivity contribution in [2.24, 2.45) is 11.7 Å². The Labute approximate surface area is 131 Å². The molecule has 0 saturated heterocycles. The summed E-state index contributed by atoms with van der Waals surface area (Å²) < 4.78 is 0. The standard InChI is InChI=1S/C15H21ClN2O.ClH/c16-14-6-2-1-4-11(14)5-3-9-18-15(19)12-7-8-13(17)10-12;/h1-2,4,6,12-13H,3,5,7-10,17H2,(H,18,19);1H/t12-,13+;/m0./s1. The van der Waals surface area contributed by atoms with E-state index < -0.39 is 0 Å². The highest BCUT2D eigenvalue weighted by Gasteiger charge is 2.27. The Bertz CT molecular complexity index is 440. The van der Waals surface area contributed by atoms with E-state index in [4.69, 9.17) is 17.3 Å². The molecule has 0 heterocycles. The van der Waals surface area contributed by atoms with E-state index in [2.05, 4.69) is 5.32 Å². The van der Waals surface area contributed by atoms with Crippen LogP contribution in [0.4, 0.5) is 0 Å². The summed E-state index contributed by atoms with van der Waals surface area (Å²) in [5, 5.41) is 3.80. The first kappa shape index (κ1) is 17.3. The van der Waals surface area contributed by atoms with Crippen molar-refractivity contribution >= 4 is 29.9 Å². The summed E-state index contributed by atoms with van der Waals surface area (Å²) in [6.45, 7) is 0.704. The van der Waals surface area contributed by atoms with Crippen molar-refractivity contribution in [3.63, 3.8) is 0 Å². The maximum Gasteiger partial charge on any atom is 0.223 e. The second-order valence-electron chi connectivity index (χ2n) is 5.26. The summed E-state index contributed by atoms with van der Waals surface area (Å²) in [6, 6.07) is 8.05. The van der Waals surface area contributed by atoms with Gasteiger partial charge in [-0.3, -0.25) is 4.79 Å². The lowest BCUT2D eigenvalue weighted by atomic mass is 10.1. The lowest BCUT2D eigenvalue weighted by Crippen LogP contribution is -2.31. The topological polar surface area (TPSA) is 55.1 Å². The van der Waals surface area contributed by atoms with E-state index >= 15 is 0 Å². The molecule has 20 heavy (non-hydrogen) atoms. The first-order chi connectivity index (χ1) is 9.16. The zero-order chi connectivity index (χ0) is 13.7. The number of rotatable bonds is 5. The number of halogens is 2. The molecule has 1 aromatic carbocycles. The molecule has 0 spiro atoms. The lowest BCUT2D eigenvalue weighted by Gasteiger charge is -2.11. The van der Waals surface area contributed by atoms with Crippen LogP contribution in [0.15, 0.2) is 24.3 Å². The first-order valence-corrected chi connectivity index (χ1v) is 7.31. The summed E-state index contributed by atoms with van der Waals surface area (Å²) in [5.41, 5.74) is 6.96. The van der Waals surface area contributed by atoms with Crippen LogP contribution in [0.2, 0.25) is 5.02 Å². The van der Waals surface area contributed by atoms with Crippen LogP contribution < -0.4 is 11.1 Å². The molecule has 5 heteroatoms. The highest BCUT2D eigenvalue weighted by atomic mass is 35.5. The van der Waals surface area contributed by atoms with Crippen molar-refractivity contribution < 1.29 is 4.79 Å². The van der Waals surface area contributed by atoms with Gasteiger partial charge in [-0.1, -0.05) is 29.8 Å². The van der Waals surface area contributed by atoms with Gasteiger partial charge in [-0.05, 0) is 43.7 Å². The number of carbonyl (C=O) groups is 1. The van der Waals surface area contributed by atoms with Crippen LogP contribution in [0.5, 0.6) is 0 Å². The Kier molecular flexibility index (Phi) is 7.35. The van der Waals surface area contributed by atoms with E-state index in [-0.39, 0.29) is 30.3 Å². The van der Waals surface area contributed by atoms with Gasteiger partial charge in [0.15, 0.2) is 0 Å². The molecule has 3 N–H and O–H groups in total. The number of nitrogens with two attached hydrogens (primary N) is 1. The molecule has 1 aliphatic rings. The van der Waals surface area contributed by atoms with Gasteiger partial charge in [0.1, 0.15) is 0 Å². The van der Waals surface area contributed by atoms with E-state index in [9.17, 15) is 4.79 Å². The van der Waals surface area contributed by atoms with Gasteiger partial charge in [-0.25, -0.2) is 0 Å². The number of aryl methyl sites for hydroxylation is 1. The van der Waals surface area contributed by atoms with E-state index in [1.54, 1.807) is 0 Å². The largest absolute Gasteiger partial charge is 0.356 e. The van der Waals surface area contributed by atoms with E-state index in [0.717, 1.165) is 42.7 Å². The molecule has 1 aliphatic carbocycles. The molecule has 0 bridgehead atoms. The Morgan fingerprint density at radius 1 is 1.35 bits per heavy atom. The fourth-order valence-corrected chi connectivity index (χ4v) is 2.82. The fraction of sp³-hybridized carbons (Fsp3) is 0.533. The van der Waals surface area contributed by atoms with Crippen LogP contribution in [0, 0.1) is 5.92 Å². The number of carbonyl (C=O) groups excluding carboxylic acids is 1. The summed E-state index contributed by atoms with van der Waals surface area (Å²) in [4.78, 5) is 11.9. The van der Waals surface area contributed by atoms with Crippen LogP contribution in [0.3, 0.4) is 0 Å². The maximum atomic E-state index is 11.9. The number of hydrogen-bond donors (Lipinski definition) is 2. The third-order valence-electron chi connectivity index (χ3n) is 3.72. The van der Waals surface area contributed by atoms with Gasteiger partial charge >= 0.3 is 0 Å². The third kappa shape index (κ3) is 4.97. The molecule has 1 fully saturated rings. The third-order valence-corrected chi connectivity index (χ3v) is 4.09. The Morgan fingerprint density at radius 2 is 2.10 bits per heavy atom. The Morgan fingerprint density at radius 3 is 2.75 bits per heavy atom. The Balaban J connectivity index is 0.00000200. The molecule has 0 aliphatic heterocycles. The van der Waals surface area contributed by atoms with Gasteiger partial charge in [0.05, 0.1) is 0 Å². The van der Waals surface area contributed by atoms with Crippen molar-refractivity contribution in [2.45, 2.75) is 38.1 Å². The summed E-state index contributed by atoms with van der Waals surface area (Å²) in [6.07, 6.45) is 4.53. The monoisotopic (exact) mass is 316 g/mol. The highest BCUT2D eigenvalue weighted by Crippen LogP contribution is 2.24. The first-order valence-electron chi connectivity index (χ1n) is 6.93. The minimum Gasteiger partial charge on any atom is -0.356 e. The quantitative estimate of drug-likeness (QED) is 0.821. The molecule has 0 aromatic heterocycles. The van der Waals surface area contributed by atoms with E-state index in [0.29, 0.717) is 6.54 Å². The van der Waals surface area contributed by atoms with Gasteiger partial charge in [0.25, 0.3) is 0 Å². The van der Waals surface area contributed by atoms with Gasteiger partial charge < -0.3 is 11.1 Å². The zero-order valence-corrected chi connectivity index (χ0v) is 13.1. The average molecular weight is 317 g/mol. The SMILES string of the molecule is Cl.N[C@@H]1CC[C@H](C(=O)NCCCc2ccccc2Cl)C1. The molecule has 1 saturated carbocycles. The van der Waals surface area contributed by atoms with Crippen molar-refractivity contribution in [1.29, 1.82) is 0 Å². The zero-order valence-electron chi connectivity index (χ0n) is 11.5. The molecule has 2 atom stereocenters. The lowest BCUT2D eigenvalue weighted by molar-refractivity contribution is -0.124. The second-order valence-corrected chi connectivity index (χ2v) is 5.66. The molecular formula is C15H22Cl2N2O. The molecule has 0 unspecified atom stereocenters. The van der Waals surface area contributed by atoms with Crippen molar-refractivity contribution in [1.82, 2.24) is 5.32 Å². The van der Waals surface area contributed by atoms with E-state index in [1.165, 1.54) is 0 Å². The summed E-state index contributed by atoms with van der Waals surface area (Å²) >= 11 is 6.08. The van der Waals surface area contributed by atoms with Crippen LogP contribution in [-0.4, -0.2) is 18.5 Å². The van der Waals surface area contributed by atoms with Gasteiger partial charge in [-0.2, -0.15) is 0 Å². The van der Waals surface area contributed by atoms with Gasteiger partial charge in [-0.15, -0.1) is 12.4 Å². The summed E-state index contributed by atoms with van der Waals surface area (Å²) in [5.74, 6) is 0.280. The van der Waals surface area contributed by atoms with E-state index in [1.807, 2.05) is 24.3 Å². The molecule has 2 rings (SSSR count). The van der Waals surface area contributed by atoms with Crippen molar-refractivity contribution in [3.05, 3.63) is 34.9 Å². The summed E-state index contributed by atoms with van der Waals surface area (Å²) in [7, 11) is 0. The van der Waals surface area contributed by atoms with Crippen molar-refractivity contribution in [3.8, 4) is 0 Å². The van der Waals surface area contributed by atoms with Crippen LogP contribution >= 0.6 is 24.0 Å². The number of hydrogen-bond acceptors (Lipinski definition) is 2. The number of nitrogens with one attached hydrogen (secondary N) is 1. The minimum absolute atomic E-state index is 0. The predicted molar refractivity (Wildman–Crippen MR) is 85.3 cm³/mol. The maximum absolute atomic E-state index is 11.9. The average Bonchev–Trinajstić information content (AvgIpc) is 2.83. The number of benzene rings is 1.